The number of hydrogen-bond acceptors (Lipinski definition) is 4. The summed E-state index contributed by atoms with van der Waals surface area (Å²) in [6.07, 6.45) is 2.51. The molecule has 7 nitrogen and oxygen atoms in total. The second-order valence-corrected chi connectivity index (χ2v) is 6.01. The first-order valence-electron chi connectivity index (χ1n) is 7.60. The molecule has 0 unspecified atom stereocenters. The SMILES string of the molecule is O=C(Nc1[nH]ncc1-c1ccc(Cl)cc1)c1n[nH]c2c1CNCC2. The molecule has 1 aliphatic heterocycles. The normalized spacial score (nSPS) is 13.5. The summed E-state index contributed by atoms with van der Waals surface area (Å²) in [6, 6.07) is 7.35. The summed E-state index contributed by atoms with van der Waals surface area (Å²) in [5.74, 6) is 0.263. The van der Waals surface area contributed by atoms with Crippen LogP contribution < -0.4 is 10.6 Å². The highest BCUT2D eigenvalue weighted by Crippen LogP contribution is 2.27. The van der Waals surface area contributed by atoms with Crippen LogP contribution >= 0.6 is 11.6 Å². The van der Waals surface area contributed by atoms with Crippen molar-refractivity contribution in [1.29, 1.82) is 0 Å². The van der Waals surface area contributed by atoms with Crippen molar-refractivity contribution >= 4 is 23.3 Å². The monoisotopic (exact) mass is 342 g/mol. The van der Waals surface area contributed by atoms with Gasteiger partial charge in [-0.3, -0.25) is 15.0 Å². The van der Waals surface area contributed by atoms with Crippen LogP contribution in [0.1, 0.15) is 21.7 Å². The Morgan fingerprint density at radius 1 is 1.21 bits per heavy atom. The van der Waals surface area contributed by atoms with E-state index in [2.05, 4.69) is 31.0 Å². The molecule has 0 atom stereocenters. The van der Waals surface area contributed by atoms with Gasteiger partial charge in [-0.1, -0.05) is 23.7 Å². The zero-order valence-corrected chi connectivity index (χ0v) is 13.4. The largest absolute Gasteiger partial charge is 0.312 e. The Morgan fingerprint density at radius 3 is 2.88 bits per heavy atom. The van der Waals surface area contributed by atoms with Crippen LogP contribution in [0.4, 0.5) is 5.82 Å². The highest BCUT2D eigenvalue weighted by atomic mass is 35.5. The third kappa shape index (κ3) is 2.68. The maximum Gasteiger partial charge on any atom is 0.277 e. The number of carbonyl (C=O) groups excluding carboxylic acids is 1. The van der Waals surface area contributed by atoms with Crippen LogP contribution in [0.25, 0.3) is 11.1 Å². The summed E-state index contributed by atoms with van der Waals surface area (Å²) in [7, 11) is 0. The number of carbonyl (C=O) groups is 1. The lowest BCUT2D eigenvalue weighted by atomic mass is 10.1. The maximum atomic E-state index is 12.6. The minimum atomic E-state index is -0.268. The van der Waals surface area contributed by atoms with Crippen molar-refractivity contribution in [1.82, 2.24) is 25.7 Å². The molecule has 2 aromatic heterocycles. The number of benzene rings is 1. The number of aromatic nitrogens is 4. The van der Waals surface area contributed by atoms with Crippen molar-refractivity contribution in [2.45, 2.75) is 13.0 Å². The molecule has 3 aromatic rings. The first kappa shape index (κ1) is 14.9. The Morgan fingerprint density at radius 2 is 2.04 bits per heavy atom. The lowest BCUT2D eigenvalue weighted by molar-refractivity contribution is 0.102. The number of fused-ring (bicyclic) bond motifs is 1. The van der Waals surface area contributed by atoms with E-state index >= 15 is 0 Å². The van der Waals surface area contributed by atoms with Gasteiger partial charge < -0.3 is 10.6 Å². The predicted octanol–water partition coefficient (Wildman–Crippen LogP) is 2.35. The van der Waals surface area contributed by atoms with Gasteiger partial charge in [0.2, 0.25) is 0 Å². The number of rotatable bonds is 3. The molecule has 1 amide bonds. The first-order chi connectivity index (χ1) is 11.7. The fraction of sp³-hybridized carbons (Fsp3) is 0.188. The summed E-state index contributed by atoms with van der Waals surface area (Å²) < 4.78 is 0. The van der Waals surface area contributed by atoms with E-state index in [4.69, 9.17) is 11.6 Å². The summed E-state index contributed by atoms with van der Waals surface area (Å²) >= 11 is 5.92. The zero-order valence-electron chi connectivity index (χ0n) is 12.7. The van der Waals surface area contributed by atoms with Crippen LogP contribution in [0, 0.1) is 0 Å². The predicted molar refractivity (Wildman–Crippen MR) is 91.0 cm³/mol. The molecule has 4 N–H and O–H groups in total. The third-order valence-corrected chi connectivity index (χ3v) is 4.31. The van der Waals surface area contributed by atoms with E-state index in [0.29, 0.717) is 23.1 Å². The number of halogens is 1. The van der Waals surface area contributed by atoms with Gasteiger partial charge in [0, 0.05) is 41.4 Å². The number of amides is 1. The third-order valence-electron chi connectivity index (χ3n) is 4.05. The van der Waals surface area contributed by atoms with Crippen LogP contribution in [0.5, 0.6) is 0 Å². The lowest BCUT2D eigenvalue weighted by Crippen LogP contribution is -2.25. The van der Waals surface area contributed by atoms with Crippen molar-refractivity contribution in [2.24, 2.45) is 0 Å². The number of H-pyrrole nitrogens is 2. The van der Waals surface area contributed by atoms with Crippen LogP contribution in [0.15, 0.2) is 30.5 Å². The van der Waals surface area contributed by atoms with Crippen LogP contribution in [0.2, 0.25) is 5.02 Å². The molecular weight excluding hydrogens is 328 g/mol. The van der Waals surface area contributed by atoms with Crippen molar-refractivity contribution in [3.63, 3.8) is 0 Å². The molecular formula is C16H15ClN6O. The molecule has 8 heteroatoms. The molecule has 1 aromatic carbocycles. The fourth-order valence-electron chi connectivity index (χ4n) is 2.82. The first-order valence-corrected chi connectivity index (χ1v) is 7.97. The average Bonchev–Trinajstić information content (AvgIpc) is 3.22. The van der Waals surface area contributed by atoms with Crippen molar-refractivity contribution < 1.29 is 4.79 Å². The van der Waals surface area contributed by atoms with Gasteiger partial charge in [0.05, 0.1) is 6.20 Å². The minimum Gasteiger partial charge on any atom is -0.312 e. The maximum absolute atomic E-state index is 12.6. The van der Waals surface area contributed by atoms with E-state index in [1.54, 1.807) is 18.3 Å². The number of anilines is 1. The molecule has 0 saturated heterocycles. The molecule has 1 aliphatic rings. The average molecular weight is 343 g/mol. The van der Waals surface area contributed by atoms with Gasteiger partial charge in [-0.05, 0) is 17.7 Å². The molecule has 0 bridgehead atoms. The Kier molecular flexibility index (Phi) is 3.79. The van der Waals surface area contributed by atoms with Crippen molar-refractivity contribution in [3.05, 3.63) is 52.4 Å². The van der Waals surface area contributed by atoms with Gasteiger partial charge in [0.1, 0.15) is 5.82 Å². The van der Waals surface area contributed by atoms with E-state index in [-0.39, 0.29) is 5.91 Å². The van der Waals surface area contributed by atoms with Gasteiger partial charge in [-0.25, -0.2) is 0 Å². The number of nitrogens with zero attached hydrogens (tertiary/aromatic N) is 2. The molecule has 0 radical (unpaired) electrons. The second-order valence-electron chi connectivity index (χ2n) is 5.58. The number of nitrogens with one attached hydrogen (secondary N) is 4. The molecule has 0 saturated carbocycles. The van der Waals surface area contributed by atoms with E-state index in [0.717, 1.165) is 35.3 Å². The molecule has 0 aliphatic carbocycles. The highest BCUT2D eigenvalue weighted by Gasteiger charge is 2.22. The number of hydrogen-bond donors (Lipinski definition) is 4. The summed E-state index contributed by atoms with van der Waals surface area (Å²) in [5.41, 5.74) is 4.05. The van der Waals surface area contributed by atoms with Gasteiger partial charge in [0.15, 0.2) is 5.69 Å². The molecule has 3 heterocycles. The Hall–Kier alpha value is -2.64. The molecule has 0 fully saturated rings. The lowest BCUT2D eigenvalue weighted by Gasteiger charge is -2.12. The van der Waals surface area contributed by atoms with Crippen LogP contribution in [0.3, 0.4) is 0 Å². The van der Waals surface area contributed by atoms with Crippen LogP contribution in [-0.4, -0.2) is 32.8 Å². The Bertz CT molecular complexity index is 882. The summed E-state index contributed by atoms with van der Waals surface area (Å²) in [6.45, 7) is 1.53. The van der Waals surface area contributed by atoms with Crippen LogP contribution in [-0.2, 0) is 13.0 Å². The van der Waals surface area contributed by atoms with E-state index in [1.807, 2.05) is 12.1 Å². The quantitative estimate of drug-likeness (QED) is 0.587. The highest BCUT2D eigenvalue weighted by molar-refractivity contribution is 6.30. The molecule has 24 heavy (non-hydrogen) atoms. The van der Waals surface area contributed by atoms with E-state index in [1.165, 1.54) is 0 Å². The Balaban J connectivity index is 1.60. The van der Waals surface area contributed by atoms with Gasteiger partial charge in [0.25, 0.3) is 5.91 Å². The van der Waals surface area contributed by atoms with Gasteiger partial charge in [-0.15, -0.1) is 0 Å². The second kappa shape index (κ2) is 6.10. The summed E-state index contributed by atoms with van der Waals surface area (Å²) in [4.78, 5) is 12.6. The minimum absolute atomic E-state index is 0.268. The fourth-order valence-corrected chi connectivity index (χ4v) is 2.94. The standard InChI is InChI=1S/C16H15ClN6O/c17-10-3-1-9(2-4-10)11-8-19-23-15(11)20-16(24)14-12-7-18-6-5-13(12)21-22-14/h1-4,8,18H,5-7H2,(H,21,22)(H2,19,20,23,24). The van der Waals surface area contributed by atoms with Gasteiger partial charge in [-0.2, -0.15) is 10.2 Å². The smallest absolute Gasteiger partial charge is 0.277 e. The molecule has 122 valence electrons. The molecule has 4 rings (SSSR count). The van der Waals surface area contributed by atoms with E-state index in [9.17, 15) is 4.79 Å². The van der Waals surface area contributed by atoms with Crippen molar-refractivity contribution in [3.8, 4) is 11.1 Å². The topological polar surface area (TPSA) is 98.5 Å². The summed E-state index contributed by atoms with van der Waals surface area (Å²) in [5, 5.41) is 20.7. The number of aromatic amines is 2. The molecule has 0 spiro atoms. The Labute approximate surface area is 142 Å². The van der Waals surface area contributed by atoms with Gasteiger partial charge >= 0.3 is 0 Å². The van der Waals surface area contributed by atoms with Crippen molar-refractivity contribution in [2.75, 3.05) is 11.9 Å². The zero-order chi connectivity index (χ0) is 16.5. The van der Waals surface area contributed by atoms with E-state index < -0.39 is 0 Å².